The van der Waals surface area contributed by atoms with Crippen LogP contribution in [-0.4, -0.2) is 37.9 Å². The third-order valence-corrected chi connectivity index (χ3v) is 4.50. The second kappa shape index (κ2) is 10.3. The number of ether oxygens (including phenoxy) is 2. The van der Waals surface area contributed by atoms with Crippen LogP contribution in [0, 0.1) is 0 Å². The first-order valence-corrected chi connectivity index (χ1v) is 9.15. The Kier molecular flexibility index (Phi) is 7.75. The summed E-state index contributed by atoms with van der Waals surface area (Å²) in [6.45, 7) is 3.54. The standard InChI is InChI=1S/C22H25NO5/c1-4-15(2)16-8-10-17(11-9-16)20(24)14-28-21(25)13-23-22(26)18-6-5-7-19(12-18)27-3/h5-12,15H,4,13-14H2,1-3H3,(H,23,26)/t15-/m1/s1. The van der Waals surface area contributed by atoms with Crippen molar-refractivity contribution in [3.63, 3.8) is 0 Å². The van der Waals surface area contributed by atoms with E-state index in [1.807, 2.05) is 12.1 Å². The van der Waals surface area contributed by atoms with Crippen LogP contribution in [0.4, 0.5) is 0 Å². The fourth-order valence-electron chi connectivity index (χ4n) is 2.53. The van der Waals surface area contributed by atoms with Gasteiger partial charge in [-0.3, -0.25) is 14.4 Å². The van der Waals surface area contributed by atoms with E-state index in [4.69, 9.17) is 9.47 Å². The zero-order chi connectivity index (χ0) is 20.5. The number of amides is 1. The Bertz CT molecular complexity index is 829. The molecule has 0 aliphatic carbocycles. The molecule has 0 spiro atoms. The number of hydrogen-bond acceptors (Lipinski definition) is 5. The summed E-state index contributed by atoms with van der Waals surface area (Å²) in [5.41, 5.74) is 2.01. The minimum Gasteiger partial charge on any atom is -0.497 e. The molecule has 1 N–H and O–H groups in total. The van der Waals surface area contributed by atoms with E-state index in [0.29, 0.717) is 22.8 Å². The number of methoxy groups -OCH3 is 1. The van der Waals surface area contributed by atoms with E-state index < -0.39 is 11.9 Å². The van der Waals surface area contributed by atoms with E-state index in [1.165, 1.54) is 7.11 Å². The third-order valence-electron chi connectivity index (χ3n) is 4.50. The Balaban J connectivity index is 1.80. The maximum Gasteiger partial charge on any atom is 0.325 e. The lowest BCUT2D eigenvalue weighted by Crippen LogP contribution is -2.31. The summed E-state index contributed by atoms with van der Waals surface area (Å²) in [5, 5.41) is 2.46. The number of carbonyl (C=O) groups excluding carboxylic acids is 3. The van der Waals surface area contributed by atoms with Crippen molar-refractivity contribution in [1.82, 2.24) is 5.32 Å². The van der Waals surface area contributed by atoms with Crippen LogP contribution in [0.3, 0.4) is 0 Å². The van der Waals surface area contributed by atoms with E-state index >= 15 is 0 Å². The van der Waals surface area contributed by atoms with E-state index in [0.717, 1.165) is 12.0 Å². The van der Waals surface area contributed by atoms with Crippen molar-refractivity contribution < 1.29 is 23.9 Å². The first-order valence-electron chi connectivity index (χ1n) is 9.15. The summed E-state index contributed by atoms with van der Waals surface area (Å²) in [4.78, 5) is 36.0. The molecule has 0 unspecified atom stereocenters. The van der Waals surface area contributed by atoms with E-state index in [2.05, 4.69) is 19.2 Å². The van der Waals surface area contributed by atoms with Crippen LogP contribution in [0.5, 0.6) is 5.75 Å². The summed E-state index contributed by atoms with van der Waals surface area (Å²) >= 11 is 0. The first kappa shape index (κ1) is 21.2. The molecule has 0 heterocycles. The SMILES string of the molecule is CC[C@@H](C)c1ccc(C(=O)COC(=O)CNC(=O)c2cccc(OC)c2)cc1. The molecule has 148 valence electrons. The Hall–Kier alpha value is -3.15. The summed E-state index contributed by atoms with van der Waals surface area (Å²) in [6, 6.07) is 13.9. The van der Waals surface area contributed by atoms with Crippen molar-refractivity contribution in [2.24, 2.45) is 0 Å². The number of rotatable bonds is 9. The van der Waals surface area contributed by atoms with Crippen LogP contribution in [0.15, 0.2) is 48.5 Å². The van der Waals surface area contributed by atoms with Gasteiger partial charge in [-0.25, -0.2) is 0 Å². The van der Waals surface area contributed by atoms with Gasteiger partial charge in [0.1, 0.15) is 12.3 Å². The van der Waals surface area contributed by atoms with Crippen LogP contribution < -0.4 is 10.1 Å². The van der Waals surface area contributed by atoms with Crippen LogP contribution >= 0.6 is 0 Å². The topological polar surface area (TPSA) is 81.7 Å². The number of Topliss-reactive ketones (excluding diaryl/α,β-unsaturated/α-hetero) is 1. The van der Waals surface area contributed by atoms with E-state index in [9.17, 15) is 14.4 Å². The smallest absolute Gasteiger partial charge is 0.325 e. The predicted octanol–water partition coefficient (Wildman–Crippen LogP) is 3.36. The average molecular weight is 383 g/mol. The lowest BCUT2D eigenvalue weighted by molar-refractivity contribution is -0.141. The summed E-state index contributed by atoms with van der Waals surface area (Å²) in [7, 11) is 1.50. The van der Waals surface area contributed by atoms with Crippen LogP contribution in [0.1, 0.15) is 52.5 Å². The minimum atomic E-state index is -0.680. The van der Waals surface area contributed by atoms with Gasteiger partial charge in [0.25, 0.3) is 5.91 Å². The maximum absolute atomic E-state index is 12.2. The van der Waals surface area contributed by atoms with Crippen molar-refractivity contribution in [2.75, 3.05) is 20.3 Å². The van der Waals surface area contributed by atoms with Gasteiger partial charge >= 0.3 is 5.97 Å². The van der Waals surface area contributed by atoms with Crippen LogP contribution in [0.2, 0.25) is 0 Å². The molecule has 0 aliphatic rings. The molecule has 0 saturated carbocycles. The van der Waals surface area contributed by atoms with Gasteiger partial charge in [0.15, 0.2) is 12.4 Å². The summed E-state index contributed by atoms with van der Waals surface area (Å²) in [5.74, 6) is -0.429. The average Bonchev–Trinajstić information content (AvgIpc) is 2.75. The molecule has 1 amide bonds. The molecule has 0 fully saturated rings. The summed E-state index contributed by atoms with van der Waals surface area (Å²) < 4.78 is 10.0. The fourth-order valence-corrected chi connectivity index (χ4v) is 2.53. The molecule has 2 aromatic carbocycles. The molecule has 6 heteroatoms. The number of nitrogens with one attached hydrogen (secondary N) is 1. The van der Waals surface area contributed by atoms with E-state index in [1.54, 1.807) is 36.4 Å². The molecule has 28 heavy (non-hydrogen) atoms. The highest BCUT2D eigenvalue weighted by Crippen LogP contribution is 2.19. The molecule has 0 aromatic heterocycles. The highest BCUT2D eigenvalue weighted by molar-refractivity contribution is 5.99. The molecular formula is C22H25NO5. The number of hydrogen-bond donors (Lipinski definition) is 1. The number of esters is 1. The molecule has 0 aliphatic heterocycles. The molecule has 1 atom stereocenters. The second-order valence-corrected chi connectivity index (χ2v) is 6.43. The number of ketones is 1. The van der Waals surface area contributed by atoms with Crippen molar-refractivity contribution in [3.8, 4) is 5.75 Å². The van der Waals surface area contributed by atoms with Crippen molar-refractivity contribution in [1.29, 1.82) is 0 Å². The van der Waals surface area contributed by atoms with E-state index in [-0.39, 0.29) is 18.9 Å². The monoisotopic (exact) mass is 383 g/mol. The van der Waals surface area contributed by atoms with Gasteiger partial charge < -0.3 is 14.8 Å². The highest BCUT2D eigenvalue weighted by Gasteiger charge is 2.13. The van der Waals surface area contributed by atoms with Crippen molar-refractivity contribution in [2.45, 2.75) is 26.2 Å². The van der Waals surface area contributed by atoms with Crippen LogP contribution in [0.25, 0.3) is 0 Å². The molecule has 6 nitrogen and oxygen atoms in total. The van der Waals surface area contributed by atoms with Gasteiger partial charge in [0, 0.05) is 11.1 Å². The molecular weight excluding hydrogens is 358 g/mol. The zero-order valence-corrected chi connectivity index (χ0v) is 16.4. The van der Waals surface area contributed by atoms with Gasteiger partial charge in [-0.15, -0.1) is 0 Å². The van der Waals surface area contributed by atoms with Gasteiger partial charge in [0.05, 0.1) is 7.11 Å². The maximum atomic E-state index is 12.2. The zero-order valence-electron chi connectivity index (χ0n) is 16.4. The Morgan fingerprint density at radius 1 is 1.04 bits per heavy atom. The van der Waals surface area contributed by atoms with Gasteiger partial charge in [-0.1, -0.05) is 44.2 Å². The summed E-state index contributed by atoms with van der Waals surface area (Å²) in [6.07, 6.45) is 1.02. The number of carbonyl (C=O) groups is 3. The largest absolute Gasteiger partial charge is 0.497 e. The minimum absolute atomic E-state index is 0.289. The second-order valence-electron chi connectivity index (χ2n) is 6.43. The lowest BCUT2D eigenvalue weighted by Gasteiger charge is -2.10. The molecule has 0 saturated heterocycles. The Morgan fingerprint density at radius 2 is 1.75 bits per heavy atom. The Labute approximate surface area is 164 Å². The van der Waals surface area contributed by atoms with Gasteiger partial charge in [-0.05, 0) is 36.1 Å². The normalized spacial score (nSPS) is 11.4. The lowest BCUT2D eigenvalue weighted by atomic mass is 9.97. The predicted molar refractivity (Wildman–Crippen MR) is 106 cm³/mol. The number of benzene rings is 2. The molecule has 0 radical (unpaired) electrons. The molecule has 2 rings (SSSR count). The Morgan fingerprint density at radius 3 is 2.39 bits per heavy atom. The molecule has 2 aromatic rings. The van der Waals surface area contributed by atoms with Crippen molar-refractivity contribution >= 4 is 17.7 Å². The first-order chi connectivity index (χ1) is 13.4. The molecule has 0 bridgehead atoms. The van der Waals surface area contributed by atoms with Crippen molar-refractivity contribution in [3.05, 3.63) is 65.2 Å². The fraction of sp³-hybridized carbons (Fsp3) is 0.318. The van der Waals surface area contributed by atoms with Crippen LogP contribution in [-0.2, 0) is 9.53 Å². The highest BCUT2D eigenvalue weighted by atomic mass is 16.5. The van der Waals surface area contributed by atoms with Gasteiger partial charge in [-0.2, -0.15) is 0 Å². The van der Waals surface area contributed by atoms with Gasteiger partial charge in [0.2, 0.25) is 0 Å². The quantitative estimate of drug-likeness (QED) is 0.530. The third kappa shape index (κ3) is 5.94.